The summed E-state index contributed by atoms with van der Waals surface area (Å²) < 4.78 is 13.4. The molecule has 0 aromatic heterocycles. The highest BCUT2D eigenvalue weighted by Gasteiger charge is 2.14. The lowest BCUT2D eigenvalue weighted by atomic mass is 10.1. The molecule has 2 rings (SSSR count). The van der Waals surface area contributed by atoms with Crippen LogP contribution in [0.2, 0.25) is 0 Å². The van der Waals surface area contributed by atoms with Crippen LogP contribution in [-0.4, -0.2) is 12.4 Å². The Bertz CT molecular complexity index is 637. The van der Waals surface area contributed by atoms with Gasteiger partial charge in [0.1, 0.15) is 11.7 Å². The smallest absolute Gasteiger partial charge is 0.125 e. The van der Waals surface area contributed by atoms with Crippen molar-refractivity contribution in [2.45, 2.75) is 13.8 Å². The highest BCUT2D eigenvalue weighted by atomic mass is 19.1. The Morgan fingerprint density at radius 2 is 2.00 bits per heavy atom. The van der Waals surface area contributed by atoms with Gasteiger partial charge in [-0.15, -0.1) is 0 Å². The highest BCUT2D eigenvalue weighted by Crippen LogP contribution is 2.29. The summed E-state index contributed by atoms with van der Waals surface area (Å²) in [5.41, 5.74) is 8.95. The minimum Gasteiger partial charge on any atom is -0.384 e. The lowest BCUT2D eigenvalue weighted by molar-refractivity contribution is 0.627. The van der Waals surface area contributed by atoms with Crippen molar-refractivity contribution >= 4 is 17.2 Å². The van der Waals surface area contributed by atoms with Gasteiger partial charge in [-0.2, -0.15) is 0 Å². The number of aryl methyl sites for hydroxylation is 1. The van der Waals surface area contributed by atoms with E-state index in [1.54, 1.807) is 6.07 Å². The third-order valence-corrected chi connectivity index (χ3v) is 3.17. The van der Waals surface area contributed by atoms with Gasteiger partial charge in [0.2, 0.25) is 0 Å². The molecule has 0 spiro atoms. The summed E-state index contributed by atoms with van der Waals surface area (Å²) in [4.78, 5) is 1.95. The molecule has 0 radical (unpaired) electrons. The molecule has 2 aromatic rings. The van der Waals surface area contributed by atoms with E-state index in [9.17, 15) is 4.39 Å². The topological polar surface area (TPSA) is 53.1 Å². The summed E-state index contributed by atoms with van der Waals surface area (Å²) >= 11 is 0. The number of nitrogen functional groups attached to an aromatic ring is 1. The molecule has 0 fully saturated rings. The maximum Gasteiger partial charge on any atom is 0.125 e. The summed E-state index contributed by atoms with van der Waals surface area (Å²) in [6, 6.07) is 12.1. The fourth-order valence-corrected chi connectivity index (χ4v) is 2.23. The van der Waals surface area contributed by atoms with Crippen LogP contribution in [0.3, 0.4) is 0 Å². The third-order valence-electron chi connectivity index (χ3n) is 3.17. The van der Waals surface area contributed by atoms with Crippen LogP contribution in [-0.2, 0) is 0 Å². The number of amidine groups is 1. The fourth-order valence-electron chi connectivity index (χ4n) is 2.23. The second kappa shape index (κ2) is 5.74. The maximum absolute atomic E-state index is 13.4. The number of benzene rings is 2. The minimum absolute atomic E-state index is 0.00912. The van der Waals surface area contributed by atoms with Gasteiger partial charge in [0.15, 0.2) is 0 Å². The van der Waals surface area contributed by atoms with Gasteiger partial charge in [-0.3, -0.25) is 5.41 Å². The number of nitrogens with one attached hydrogen (secondary N) is 1. The Balaban J connectivity index is 2.57. The molecule has 0 amide bonds. The number of rotatable bonds is 4. The second-order valence-electron chi connectivity index (χ2n) is 4.66. The average molecular weight is 271 g/mol. The van der Waals surface area contributed by atoms with Gasteiger partial charge < -0.3 is 10.6 Å². The summed E-state index contributed by atoms with van der Waals surface area (Å²) in [5, 5.41) is 7.70. The van der Waals surface area contributed by atoms with E-state index < -0.39 is 0 Å². The van der Waals surface area contributed by atoms with Crippen molar-refractivity contribution in [3.8, 4) is 0 Å². The molecule has 0 aliphatic rings. The van der Waals surface area contributed by atoms with Crippen molar-refractivity contribution < 1.29 is 4.39 Å². The van der Waals surface area contributed by atoms with E-state index >= 15 is 0 Å². The molecule has 0 saturated carbocycles. The lowest BCUT2D eigenvalue weighted by Gasteiger charge is -2.26. The molecule has 0 atom stereocenters. The van der Waals surface area contributed by atoms with E-state index in [0.717, 1.165) is 16.9 Å². The Hall–Kier alpha value is -2.36. The predicted octanol–water partition coefficient (Wildman–Crippen LogP) is 3.58. The molecule has 20 heavy (non-hydrogen) atoms. The average Bonchev–Trinajstić information content (AvgIpc) is 2.39. The number of halogens is 1. The van der Waals surface area contributed by atoms with Gasteiger partial charge in [0.25, 0.3) is 0 Å². The van der Waals surface area contributed by atoms with Crippen LogP contribution in [0.4, 0.5) is 15.8 Å². The molecular formula is C16H18FN3. The number of hydrogen-bond acceptors (Lipinski definition) is 2. The standard InChI is InChI=1S/C16H18FN3/c1-3-20(13-6-4-5-12(17)10-13)15-9-11(2)7-8-14(15)16(18)19/h4-10H,3H2,1-2H3,(H3,18,19). The van der Waals surface area contributed by atoms with Crippen molar-refractivity contribution in [3.63, 3.8) is 0 Å². The molecule has 4 heteroatoms. The number of nitrogens with two attached hydrogens (primary N) is 1. The largest absolute Gasteiger partial charge is 0.384 e. The van der Waals surface area contributed by atoms with E-state index in [2.05, 4.69) is 0 Å². The van der Waals surface area contributed by atoms with Crippen molar-refractivity contribution in [3.05, 3.63) is 59.4 Å². The summed E-state index contributed by atoms with van der Waals surface area (Å²) in [5.74, 6) is -0.271. The van der Waals surface area contributed by atoms with E-state index in [4.69, 9.17) is 11.1 Å². The van der Waals surface area contributed by atoms with Gasteiger partial charge in [-0.1, -0.05) is 12.1 Å². The monoisotopic (exact) mass is 271 g/mol. The number of nitrogens with zero attached hydrogens (tertiary/aromatic N) is 1. The zero-order valence-corrected chi connectivity index (χ0v) is 11.7. The van der Waals surface area contributed by atoms with Crippen molar-refractivity contribution in [1.82, 2.24) is 0 Å². The normalized spacial score (nSPS) is 10.3. The van der Waals surface area contributed by atoms with Gasteiger partial charge >= 0.3 is 0 Å². The summed E-state index contributed by atoms with van der Waals surface area (Å²) in [7, 11) is 0. The van der Waals surface area contributed by atoms with Crippen LogP contribution in [0.15, 0.2) is 42.5 Å². The van der Waals surface area contributed by atoms with E-state index in [1.807, 2.05) is 43.0 Å². The molecule has 2 aromatic carbocycles. The van der Waals surface area contributed by atoms with Crippen molar-refractivity contribution in [2.24, 2.45) is 5.73 Å². The molecule has 0 heterocycles. The molecule has 104 valence electrons. The minimum atomic E-state index is -0.280. The maximum atomic E-state index is 13.4. The Labute approximate surface area is 118 Å². The molecule has 0 unspecified atom stereocenters. The molecule has 3 N–H and O–H groups in total. The van der Waals surface area contributed by atoms with Gasteiger partial charge in [0, 0.05) is 17.8 Å². The first-order valence-corrected chi connectivity index (χ1v) is 6.51. The molecule has 0 saturated heterocycles. The predicted molar refractivity (Wildman–Crippen MR) is 81.3 cm³/mol. The molecule has 3 nitrogen and oxygen atoms in total. The first kappa shape index (κ1) is 14.1. The van der Waals surface area contributed by atoms with Crippen LogP contribution in [0.5, 0.6) is 0 Å². The molecule has 0 aliphatic carbocycles. The van der Waals surface area contributed by atoms with Crippen LogP contribution in [0.1, 0.15) is 18.1 Å². The SMILES string of the molecule is CCN(c1cccc(F)c1)c1cc(C)ccc1C(=N)N. The zero-order valence-electron chi connectivity index (χ0n) is 11.7. The summed E-state index contributed by atoms with van der Waals surface area (Å²) in [6.45, 7) is 4.62. The zero-order chi connectivity index (χ0) is 14.7. The first-order valence-electron chi connectivity index (χ1n) is 6.51. The summed E-state index contributed by atoms with van der Waals surface area (Å²) in [6.07, 6.45) is 0. The van der Waals surface area contributed by atoms with Crippen molar-refractivity contribution in [2.75, 3.05) is 11.4 Å². The first-order chi connectivity index (χ1) is 9.52. The highest BCUT2D eigenvalue weighted by molar-refractivity contribution is 6.01. The van der Waals surface area contributed by atoms with Gasteiger partial charge in [0.05, 0.1) is 5.69 Å². The van der Waals surface area contributed by atoms with E-state index in [1.165, 1.54) is 12.1 Å². The van der Waals surface area contributed by atoms with Crippen LogP contribution < -0.4 is 10.6 Å². The number of anilines is 2. The Morgan fingerprint density at radius 1 is 1.25 bits per heavy atom. The third kappa shape index (κ3) is 2.79. The fraction of sp³-hybridized carbons (Fsp3) is 0.188. The van der Waals surface area contributed by atoms with Crippen LogP contribution in [0.25, 0.3) is 0 Å². The Morgan fingerprint density at radius 3 is 2.60 bits per heavy atom. The van der Waals surface area contributed by atoms with E-state index in [0.29, 0.717) is 12.1 Å². The molecule has 0 bridgehead atoms. The van der Waals surface area contributed by atoms with Crippen LogP contribution in [0, 0.1) is 18.2 Å². The Kier molecular flexibility index (Phi) is 4.03. The lowest BCUT2D eigenvalue weighted by Crippen LogP contribution is -2.22. The second-order valence-corrected chi connectivity index (χ2v) is 4.66. The van der Waals surface area contributed by atoms with E-state index in [-0.39, 0.29) is 11.7 Å². The van der Waals surface area contributed by atoms with Gasteiger partial charge in [-0.05, 0) is 49.7 Å². The molecule has 0 aliphatic heterocycles. The van der Waals surface area contributed by atoms with Gasteiger partial charge in [-0.25, -0.2) is 4.39 Å². The quantitative estimate of drug-likeness (QED) is 0.659. The molecular weight excluding hydrogens is 253 g/mol. The van der Waals surface area contributed by atoms with Crippen LogP contribution >= 0.6 is 0 Å². The number of hydrogen-bond donors (Lipinski definition) is 2. The van der Waals surface area contributed by atoms with Crippen molar-refractivity contribution in [1.29, 1.82) is 5.41 Å².